The van der Waals surface area contributed by atoms with Gasteiger partial charge >= 0.3 is 5.97 Å². The van der Waals surface area contributed by atoms with Gasteiger partial charge in [0.2, 0.25) is 5.91 Å². The summed E-state index contributed by atoms with van der Waals surface area (Å²) >= 11 is 5.89. The molecule has 0 atom stereocenters. The van der Waals surface area contributed by atoms with Crippen LogP contribution in [0, 0.1) is 0 Å². The van der Waals surface area contributed by atoms with Crippen LogP contribution in [-0.4, -0.2) is 25.5 Å². The summed E-state index contributed by atoms with van der Waals surface area (Å²) < 4.78 is 4.68. The zero-order valence-corrected chi connectivity index (χ0v) is 12.9. The van der Waals surface area contributed by atoms with Gasteiger partial charge in [-0.05, 0) is 37.6 Å². The second-order valence-electron chi connectivity index (χ2n) is 4.68. The summed E-state index contributed by atoms with van der Waals surface area (Å²) in [6.07, 6.45) is 4.15. The molecule has 1 aromatic rings. The van der Waals surface area contributed by atoms with Gasteiger partial charge in [0.1, 0.15) is 0 Å². The van der Waals surface area contributed by atoms with Crippen LogP contribution in [0.15, 0.2) is 18.2 Å². The van der Waals surface area contributed by atoms with Gasteiger partial charge in [-0.25, -0.2) is 4.79 Å². The lowest BCUT2D eigenvalue weighted by atomic mass is 10.1. The molecule has 0 aliphatic carbocycles. The van der Waals surface area contributed by atoms with Crippen LogP contribution in [0.4, 0.5) is 5.69 Å². The number of benzene rings is 1. The summed E-state index contributed by atoms with van der Waals surface area (Å²) in [5.74, 6) is -0.653. The maximum absolute atomic E-state index is 11.9. The van der Waals surface area contributed by atoms with Gasteiger partial charge in [0.15, 0.2) is 0 Å². The summed E-state index contributed by atoms with van der Waals surface area (Å²) in [6.45, 7) is 0.678. The van der Waals surface area contributed by atoms with Gasteiger partial charge in [-0.2, -0.15) is 0 Å². The number of nitrogens with two attached hydrogens (primary N) is 1. The topological polar surface area (TPSA) is 81.4 Å². The molecule has 0 spiro atoms. The molecule has 1 amide bonds. The molecule has 6 heteroatoms. The smallest absolute Gasteiger partial charge is 0.339 e. The molecular formula is C15H21ClN2O3. The van der Waals surface area contributed by atoms with E-state index < -0.39 is 5.97 Å². The van der Waals surface area contributed by atoms with Crippen molar-refractivity contribution in [2.45, 2.75) is 32.1 Å². The Balaban J connectivity index is 2.58. The van der Waals surface area contributed by atoms with Crippen LogP contribution in [-0.2, 0) is 9.53 Å². The fourth-order valence-corrected chi connectivity index (χ4v) is 2.08. The van der Waals surface area contributed by atoms with Crippen molar-refractivity contribution in [2.75, 3.05) is 19.0 Å². The van der Waals surface area contributed by atoms with E-state index in [-0.39, 0.29) is 5.91 Å². The van der Waals surface area contributed by atoms with Crippen molar-refractivity contribution in [3.63, 3.8) is 0 Å². The van der Waals surface area contributed by atoms with Crippen LogP contribution in [0.2, 0.25) is 5.02 Å². The van der Waals surface area contributed by atoms with Crippen molar-refractivity contribution in [3.8, 4) is 0 Å². The highest BCUT2D eigenvalue weighted by Crippen LogP contribution is 2.22. The molecule has 0 saturated heterocycles. The average Bonchev–Trinajstić information content (AvgIpc) is 2.46. The van der Waals surface area contributed by atoms with Gasteiger partial charge in [-0.3, -0.25) is 4.79 Å². The summed E-state index contributed by atoms with van der Waals surface area (Å²) in [5.41, 5.74) is 6.08. The number of esters is 1. The number of halogens is 1. The molecule has 0 aliphatic rings. The second kappa shape index (κ2) is 9.37. The predicted molar refractivity (Wildman–Crippen MR) is 83.6 cm³/mol. The van der Waals surface area contributed by atoms with Crippen LogP contribution >= 0.6 is 11.6 Å². The van der Waals surface area contributed by atoms with Crippen molar-refractivity contribution in [3.05, 3.63) is 28.8 Å². The molecule has 1 aromatic carbocycles. The quantitative estimate of drug-likeness (QED) is 0.571. The Bertz CT molecular complexity index is 492. The molecule has 0 radical (unpaired) electrons. The number of hydrogen-bond donors (Lipinski definition) is 2. The predicted octanol–water partition coefficient (Wildman–Crippen LogP) is 2.97. The van der Waals surface area contributed by atoms with Crippen molar-refractivity contribution in [2.24, 2.45) is 5.73 Å². The van der Waals surface area contributed by atoms with Gasteiger partial charge in [0, 0.05) is 11.4 Å². The zero-order valence-electron chi connectivity index (χ0n) is 12.2. The van der Waals surface area contributed by atoms with Crippen molar-refractivity contribution in [1.82, 2.24) is 0 Å². The molecule has 0 saturated carbocycles. The maximum Gasteiger partial charge on any atom is 0.339 e. The lowest BCUT2D eigenvalue weighted by molar-refractivity contribution is -0.116. The number of ether oxygens (including phenoxy) is 1. The second-order valence-corrected chi connectivity index (χ2v) is 5.12. The van der Waals surface area contributed by atoms with E-state index >= 15 is 0 Å². The highest BCUT2D eigenvalue weighted by atomic mass is 35.5. The first kappa shape index (κ1) is 17.5. The SMILES string of the molecule is COC(=O)c1ccc(Cl)cc1NC(=O)CCCCCCN. The highest BCUT2D eigenvalue weighted by Gasteiger charge is 2.14. The van der Waals surface area contributed by atoms with Crippen LogP contribution < -0.4 is 11.1 Å². The molecule has 116 valence electrons. The minimum atomic E-state index is -0.509. The molecular weight excluding hydrogens is 292 g/mol. The van der Waals surface area contributed by atoms with E-state index in [1.807, 2.05) is 0 Å². The summed E-state index contributed by atoms with van der Waals surface area (Å²) in [7, 11) is 1.29. The number of amides is 1. The largest absolute Gasteiger partial charge is 0.465 e. The number of methoxy groups -OCH3 is 1. The normalized spacial score (nSPS) is 10.2. The van der Waals surface area contributed by atoms with E-state index in [4.69, 9.17) is 17.3 Å². The number of anilines is 1. The van der Waals surface area contributed by atoms with Gasteiger partial charge < -0.3 is 15.8 Å². The van der Waals surface area contributed by atoms with Crippen LogP contribution in [0.3, 0.4) is 0 Å². The number of rotatable bonds is 8. The molecule has 1 rings (SSSR count). The molecule has 0 unspecified atom stereocenters. The number of carbonyl (C=O) groups excluding carboxylic acids is 2. The summed E-state index contributed by atoms with van der Waals surface area (Å²) in [6, 6.07) is 4.65. The fourth-order valence-electron chi connectivity index (χ4n) is 1.90. The molecule has 0 bridgehead atoms. The van der Waals surface area contributed by atoms with Gasteiger partial charge in [-0.1, -0.05) is 24.4 Å². The number of unbranched alkanes of at least 4 members (excludes halogenated alkanes) is 3. The van der Waals surface area contributed by atoms with Gasteiger partial charge in [0.05, 0.1) is 18.4 Å². The Morgan fingerprint density at radius 2 is 1.95 bits per heavy atom. The van der Waals surface area contributed by atoms with E-state index in [9.17, 15) is 9.59 Å². The molecule has 3 N–H and O–H groups in total. The van der Waals surface area contributed by atoms with E-state index in [0.717, 1.165) is 25.7 Å². The molecule has 0 aromatic heterocycles. The highest BCUT2D eigenvalue weighted by molar-refractivity contribution is 6.31. The Hall–Kier alpha value is -1.59. The van der Waals surface area contributed by atoms with Crippen molar-refractivity contribution < 1.29 is 14.3 Å². The minimum Gasteiger partial charge on any atom is -0.465 e. The Labute approximate surface area is 129 Å². The summed E-state index contributed by atoms with van der Waals surface area (Å²) in [5, 5.41) is 3.15. The average molecular weight is 313 g/mol. The fraction of sp³-hybridized carbons (Fsp3) is 0.467. The standard InChI is InChI=1S/C15H21ClN2O3/c1-21-15(20)12-8-7-11(16)10-13(12)18-14(19)6-4-2-3-5-9-17/h7-8,10H,2-6,9,17H2,1H3,(H,18,19). The number of nitrogens with one attached hydrogen (secondary N) is 1. The molecule has 0 heterocycles. The first-order chi connectivity index (χ1) is 10.1. The number of hydrogen-bond acceptors (Lipinski definition) is 4. The Morgan fingerprint density at radius 1 is 1.24 bits per heavy atom. The Kier molecular flexibility index (Phi) is 7.79. The molecule has 0 aliphatic heterocycles. The molecule has 5 nitrogen and oxygen atoms in total. The summed E-state index contributed by atoms with van der Waals surface area (Å²) in [4.78, 5) is 23.5. The lowest BCUT2D eigenvalue weighted by Gasteiger charge is -2.10. The first-order valence-electron chi connectivity index (χ1n) is 6.96. The van der Waals surface area contributed by atoms with E-state index in [0.29, 0.717) is 29.2 Å². The molecule has 0 fully saturated rings. The third kappa shape index (κ3) is 6.14. The third-order valence-electron chi connectivity index (χ3n) is 3.02. The number of carbonyl (C=O) groups is 2. The van der Waals surface area contributed by atoms with E-state index in [1.165, 1.54) is 13.2 Å². The van der Waals surface area contributed by atoms with E-state index in [2.05, 4.69) is 10.1 Å². The van der Waals surface area contributed by atoms with E-state index in [1.54, 1.807) is 12.1 Å². The first-order valence-corrected chi connectivity index (χ1v) is 7.34. The van der Waals surface area contributed by atoms with Gasteiger partial charge in [0.25, 0.3) is 0 Å². The lowest BCUT2D eigenvalue weighted by Crippen LogP contribution is -2.15. The van der Waals surface area contributed by atoms with Crippen LogP contribution in [0.1, 0.15) is 42.5 Å². The molecule has 21 heavy (non-hydrogen) atoms. The van der Waals surface area contributed by atoms with Crippen LogP contribution in [0.5, 0.6) is 0 Å². The monoisotopic (exact) mass is 312 g/mol. The van der Waals surface area contributed by atoms with Crippen molar-refractivity contribution in [1.29, 1.82) is 0 Å². The Morgan fingerprint density at radius 3 is 2.62 bits per heavy atom. The van der Waals surface area contributed by atoms with Crippen LogP contribution in [0.25, 0.3) is 0 Å². The minimum absolute atomic E-state index is 0.143. The van der Waals surface area contributed by atoms with Gasteiger partial charge in [-0.15, -0.1) is 0 Å². The maximum atomic E-state index is 11.9. The van der Waals surface area contributed by atoms with Crippen molar-refractivity contribution >= 4 is 29.2 Å². The zero-order chi connectivity index (χ0) is 15.7. The third-order valence-corrected chi connectivity index (χ3v) is 3.25.